The molecule has 1 aliphatic heterocycles. The summed E-state index contributed by atoms with van der Waals surface area (Å²) in [5, 5.41) is 9.98. The zero-order valence-corrected chi connectivity index (χ0v) is 10.8. The number of rotatable bonds is 4. The molecule has 0 radical (unpaired) electrons. The van der Waals surface area contributed by atoms with Crippen LogP contribution in [-0.2, 0) is 4.79 Å². The molecule has 1 amide bonds. The highest BCUT2D eigenvalue weighted by molar-refractivity contribution is 5.92. The highest BCUT2D eigenvalue weighted by Crippen LogP contribution is 2.25. The van der Waals surface area contributed by atoms with Gasteiger partial charge in [0.1, 0.15) is 11.5 Å². The van der Waals surface area contributed by atoms with E-state index in [1.807, 2.05) is 26.0 Å². The van der Waals surface area contributed by atoms with E-state index in [4.69, 9.17) is 4.42 Å². The van der Waals surface area contributed by atoms with Gasteiger partial charge >= 0.3 is 0 Å². The average molecular weight is 249 g/mol. The zero-order chi connectivity index (χ0) is 13.2. The summed E-state index contributed by atoms with van der Waals surface area (Å²) in [5.41, 5.74) is -0.667. The fraction of sp³-hybridized carbons (Fsp3) is 0.500. The summed E-state index contributed by atoms with van der Waals surface area (Å²) in [6.07, 6.45) is 4.83. The van der Waals surface area contributed by atoms with Gasteiger partial charge < -0.3 is 14.4 Å². The van der Waals surface area contributed by atoms with Crippen LogP contribution < -0.4 is 0 Å². The van der Waals surface area contributed by atoms with Crippen LogP contribution in [0.15, 0.2) is 22.6 Å². The molecule has 1 fully saturated rings. The molecule has 4 heteroatoms. The summed E-state index contributed by atoms with van der Waals surface area (Å²) in [4.78, 5) is 13.4. The van der Waals surface area contributed by atoms with Crippen LogP contribution in [0.4, 0.5) is 0 Å². The van der Waals surface area contributed by atoms with Crippen molar-refractivity contribution < 1.29 is 14.3 Å². The molecule has 1 N–H and O–H groups in total. The molecule has 2 rings (SSSR count). The minimum absolute atomic E-state index is 0.0789. The number of carbonyl (C=O) groups excluding carboxylic acids is 1. The van der Waals surface area contributed by atoms with Gasteiger partial charge in [0.05, 0.1) is 18.7 Å². The Morgan fingerprint density at radius 3 is 2.83 bits per heavy atom. The topological polar surface area (TPSA) is 53.7 Å². The van der Waals surface area contributed by atoms with Crippen molar-refractivity contribution in [1.29, 1.82) is 0 Å². The SMILES string of the molecule is CCCC1(O)CN(C(=O)C=Cc2ccc(C)o2)C1. The number of amides is 1. The molecule has 1 aromatic rings. The molecule has 1 aromatic heterocycles. The lowest BCUT2D eigenvalue weighted by Crippen LogP contribution is -2.63. The highest BCUT2D eigenvalue weighted by Gasteiger charge is 2.41. The Morgan fingerprint density at radius 1 is 1.56 bits per heavy atom. The molecule has 0 atom stereocenters. The van der Waals surface area contributed by atoms with Gasteiger partial charge in [0.2, 0.25) is 5.91 Å². The van der Waals surface area contributed by atoms with Gasteiger partial charge in [0, 0.05) is 6.08 Å². The minimum atomic E-state index is -0.667. The molecule has 0 aliphatic carbocycles. The fourth-order valence-electron chi connectivity index (χ4n) is 2.25. The van der Waals surface area contributed by atoms with E-state index in [2.05, 4.69) is 0 Å². The quantitative estimate of drug-likeness (QED) is 0.830. The van der Waals surface area contributed by atoms with Crippen LogP contribution in [0.25, 0.3) is 6.08 Å². The molecular weight excluding hydrogens is 230 g/mol. The van der Waals surface area contributed by atoms with E-state index in [0.717, 1.165) is 18.6 Å². The summed E-state index contributed by atoms with van der Waals surface area (Å²) >= 11 is 0. The van der Waals surface area contributed by atoms with Gasteiger partial charge in [-0.3, -0.25) is 4.79 Å². The van der Waals surface area contributed by atoms with Gasteiger partial charge in [0.25, 0.3) is 0 Å². The van der Waals surface area contributed by atoms with Crippen LogP contribution in [0.2, 0.25) is 0 Å². The third-order valence-corrected chi connectivity index (χ3v) is 3.15. The van der Waals surface area contributed by atoms with E-state index in [1.54, 1.807) is 11.0 Å². The zero-order valence-electron chi connectivity index (χ0n) is 10.8. The van der Waals surface area contributed by atoms with Crippen LogP contribution in [0, 0.1) is 6.92 Å². The predicted octanol–water partition coefficient (Wildman–Crippen LogP) is 1.97. The van der Waals surface area contributed by atoms with Crippen molar-refractivity contribution in [2.45, 2.75) is 32.3 Å². The van der Waals surface area contributed by atoms with E-state index >= 15 is 0 Å². The van der Waals surface area contributed by atoms with Crippen molar-refractivity contribution in [2.24, 2.45) is 0 Å². The lowest BCUT2D eigenvalue weighted by Gasteiger charge is -2.46. The molecule has 98 valence electrons. The predicted molar refractivity (Wildman–Crippen MR) is 68.9 cm³/mol. The maximum atomic E-state index is 11.8. The third-order valence-electron chi connectivity index (χ3n) is 3.15. The van der Waals surface area contributed by atoms with Crippen molar-refractivity contribution in [1.82, 2.24) is 4.90 Å². The maximum Gasteiger partial charge on any atom is 0.246 e. The number of hydrogen-bond acceptors (Lipinski definition) is 3. The fourth-order valence-corrected chi connectivity index (χ4v) is 2.25. The van der Waals surface area contributed by atoms with Gasteiger partial charge in [-0.05, 0) is 31.6 Å². The number of aliphatic hydroxyl groups is 1. The smallest absolute Gasteiger partial charge is 0.246 e. The Bertz CT molecular complexity index is 455. The molecular formula is C14H19NO3. The summed E-state index contributed by atoms with van der Waals surface area (Å²) in [6, 6.07) is 3.68. The largest absolute Gasteiger partial charge is 0.462 e. The van der Waals surface area contributed by atoms with Crippen molar-refractivity contribution in [2.75, 3.05) is 13.1 Å². The first-order valence-electron chi connectivity index (χ1n) is 6.28. The average Bonchev–Trinajstić information content (AvgIpc) is 2.69. The molecule has 18 heavy (non-hydrogen) atoms. The first kappa shape index (κ1) is 12.9. The number of carbonyl (C=O) groups is 1. The van der Waals surface area contributed by atoms with Gasteiger partial charge in [-0.25, -0.2) is 0 Å². The molecule has 0 spiro atoms. The first-order chi connectivity index (χ1) is 8.52. The second kappa shape index (κ2) is 4.98. The Labute approximate surface area is 107 Å². The summed E-state index contributed by atoms with van der Waals surface area (Å²) in [7, 11) is 0. The van der Waals surface area contributed by atoms with Gasteiger partial charge in [-0.1, -0.05) is 13.3 Å². The summed E-state index contributed by atoms with van der Waals surface area (Å²) in [5.74, 6) is 1.42. The maximum absolute atomic E-state index is 11.8. The van der Waals surface area contributed by atoms with Gasteiger partial charge in [0.15, 0.2) is 0 Å². The molecule has 0 aromatic carbocycles. The monoisotopic (exact) mass is 249 g/mol. The molecule has 1 saturated heterocycles. The van der Waals surface area contributed by atoms with Crippen molar-refractivity contribution in [3.63, 3.8) is 0 Å². The first-order valence-corrected chi connectivity index (χ1v) is 6.28. The van der Waals surface area contributed by atoms with E-state index < -0.39 is 5.60 Å². The summed E-state index contributed by atoms with van der Waals surface area (Å²) in [6.45, 7) is 4.75. The van der Waals surface area contributed by atoms with Crippen molar-refractivity contribution >= 4 is 12.0 Å². The van der Waals surface area contributed by atoms with Gasteiger partial charge in [-0.15, -0.1) is 0 Å². The number of furan rings is 1. The Balaban J connectivity index is 1.85. The van der Waals surface area contributed by atoms with E-state index in [-0.39, 0.29) is 5.91 Å². The number of likely N-dealkylation sites (tertiary alicyclic amines) is 1. The minimum Gasteiger partial charge on any atom is -0.462 e. The molecule has 0 bridgehead atoms. The van der Waals surface area contributed by atoms with Crippen LogP contribution in [0.5, 0.6) is 0 Å². The standard InChI is InChI=1S/C14H19NO3/c1-3-8-14(17)9-15(10-14)13(16)7-6-12-5-4-11(2)18-12/h4-7,17H,3,8-10H2,1-2H3. The number of β-amino-alcohol motifs (C(OH)–C–C–N with tert-alkyl or cyclic N) is 1. The number of aryl methyl sites for hydroxylation is 1. The molecule has 0 saturated carbocycles. The second-order valence-electron chi connectivity index (χ2n) is 4.95. The third kappa shape index (κ3) is 2.82. The van der Waals surface area contributed by atoms with E-state index in [1.165, 1.54) is 6.08 Å². The lowest BCUT2D eigenvalue weighted by molar-refractivity contribution is -0.151. The number of hydrogen-bond donors (Lipinski definition) is 1. The van der Waals surface area contributed by atoms with Crippen LogP contribution >= 0.6 is 0 Å². The molecule has 1 aliphatic rings. The van der Waals surface area contributed by atoms with E-state index in [9.17, 15) is 9.90 Å². The Morgan fingerprint density at radius 2 is 2.28 bits per heavy atom. The number of nitrogens with zero attached hydrogens (tertiary/aromatic N) is 1. The second-order valence-corrected chi connectivity index (χ2v) is 4.95. The lowest BCUT2D eigenvalue weighted by atomic mass is 9.89. The van der Waals surface area contributed by atoms with E-state index in [0.29, 0.717) is 18.8 Å². The highest BCUT2D eigenvalue weighted by atomic mass is 16.3. The normalized spacial score (nSPS) is 18.1. The molecule has 0 unspecified atom stereocenters. The molecule has 4 nitrogen and oxygen atoms in total. The molecule has 2 heterocycles. The van der Waals surface area contributed by atoms with Crippen molar-refractivity contribution in [3.8, 4) is 0 Å². The Hall–Kier alpha value is -1.55. The Kier molecular flexibility index (Phi) is 3.57. The van der Waals surface area contributed by atoms with Crippen molar-refractivity contribution in [3.05, 3.63) is 29.7 Å². The van der Waals surface area contributed by atoms with Gasteiger partial charge in [-0.2, -0.15) is 0 Å². The van der Waals surface area contributed by atoms with Crippen LogP contribution in [0.1, 0.15) is 31.3 Å². The van der Waals surface area contributed by atoms with Crippen LogP contribution in [-0.4, -0.2) is 34.6 Å². The van der Waals surface area contributed by atoms with Crippen LogP contribution in [0.3, 0.4) is 0 Å². The summed E-state index contributed by atoms with van der Waals surface area (Å²) < 4.78 is 5.34.